The van der Waals surface area contributed by atoms with E-state index in [-0.39, 0.29) is 17.1 Å². The molecular formula is C27H30N2O4S. The molecule has 0 saturated carbocycles. The Balaban J connectivity index is 1.55. The summed E-state index contributed by atoms with van der Waals surface area (Å²) in [6.07, 6.45) is 2.86. The van der Waals surface area contributed by atoms with Crippen molar-refractivity contribution < 1.29 is 13.9 Å². The van der Waals surface area contributed by atoms with Gasteiger partial charge in [0.05, 0.1) is 30.2 Å². The summed E-state index contributed by atoms with van der Waals surface area (Å²) in [6.45, 7) is 8.76. The molecule has 2 aliphatic heterocycles. The molecule has 7 heteroatoms. The van der Waals surface area contributed by atoms with Gasteiger partial charge in [-0.25, -0.2) is 0 Å². The lowest BCUT2D eigenvalue weighted by atomic mass is 9.97. The van der Waals surface area contributed by atoms with Gasteiger partial charge in [0.25, 0.3) is 5.91 Å². The molecule has 0 aliphatic carbocycles. The second kappa shape index (κ2) is 9.56. The van der Waals surface area contributed by atoms with Gasteiger partial charge in [0.2, 0.25) is 5.76 Å². The van der Waals surface area contributed by atoms with Gasteiger partial charge in [-0.15, -0.1) is 11.8 Å². The zero-order valence-corrected chi connectivity index (χ0v) is 20.7. The number of morpholine rings is 1. The van der Waals surface area contributed by atoms with Crippen molar-refractivity contribution in [2.24, 2.45) is 0 Å². The minimum atomic E-state index is -0.439. The van der Waals surface area contributed by atoms with E-state index in [9.17, 15) is 9.59 Å². The molecule has 1 fully saturated rings. The number of benzene rings is 2. The van der Waals surface area contributed by atoms with E-state index < -0.39 is 6.04 Å². The van der Waals surface area contributed by atoms with Crippen LogP contribution in [0.3, 0.4) is 0 Å². The number of amides is 1. The van der Waals surface area contributed by atoms with Crippen molar-refractivity contribution in [3.63, 3.8) is 0 Å². The van der Waals surface area contributed by atoms with Gasteiger partial charge < -0.3 is 14.1 Å². The molecule has 1 atom stereocenters. The number of ether oxygens (including phenoxy) is 1. The maximum atomic E-state index is 13.7. The average Bonchev–Trinajstić information content (AvgIpc) is 3.13. The van der Waals surface area contributed by atoms with Crippen LogP contribution in [-0.4, -0.2) is 61.4 Å². The van der Waals surface area contributed by atoms with Gasteiger partial charge in [-0.05, 0) is 67.5 Å². The first-order valence-electron chi connectivity index (χ1n) is 11.8. The maximum absolute atomic E-state index is 13.7. The van der Waals surface area contributed by atoms with Crippen molar-refractivity contribution in [1.29, 1.82) is 0 Å². The quantitative estimate of drug-likeness (QED) is 0.490. The van der Waals surface area contributed by atoms with E-state index >= 15 is 0 Å². The molecule has 0 radical (unpaired) electrons. The Labute approximate surface area is 203 Å². The van der Waals surface area contributed by atoms with Gasteiger partial charge in [-0.2, -0.15) is 0 Å². The highest BCUT2D eigenvalue weighted by molar-refractivity contribution is 7.98. The molecule has 0 bridgehead atoms. The Morgan fingerprint density at radius 1 is 1.00 bits per heavy atom. The zero-order valence-electron chi connectivity index (χ0n) is 19.9. The second-order valence-corrected chi connectivity index (χ2v) is 9.97. The molecule has 34 heavy (non-hydrogen) atoms. The fraction of sp³-hybridized carbons (Fsp3) is 0.407. The number of fused-ring (bicyclic) bond motifs is 2. The van der Waals surface area contributed by atoms with Gasteiger partial charge in [0, 0.05) is 31.1 Å². The second-order valence-electron chi connectivity index (χ2n) is 9.09. The molecule has 1 amide bonds. The average molecular weight is 479 g/mol. The van der Waals surface area contributed by atoms with Crippen LogP contribution in [-0.2, 0) is 4.74 Å². The van der Waals surface area contributed by atoms with E-state index in [4.69, 9.17) is 9.15 Å². The fourth-order valence-corrected chi connectivity index (χ4v) is 5.34. The molecule has 1 aromatic heterocycles. The van der Waals surface area contributed by atoms with Crippen molar-refractivity contribution in [3.05, 3.63) is 74.6 Å². The van der Waals surface area contributed by atoms with E-state index in [2.05, 4.69) is 4.90 Å². The van der Waals surface area contributed by atoms with Crippen LogP contribution in [0.4, 0.5) is 0 Å². The van der Waals surface area contributed by atoms with Gasteiger partial charge in [0.1, 0.15) is 5.58 Å². The van der Waals surface area contributed by atoms with Gasteiger partial charge in [-0.3, -0.25) is 14.5 Å². The molecule has 0 unspecified atom stereocenters. The van der Waals surface area contributed by atoms with E-state index in [1.807, 2.05) is 61.4 Å². The Kier molecular flexibility index (Phi) is 6.51. The minimum Gasteiger partial charge on any atom is -0.450 e. The Hall–Kier alpha value is -2.61. The lowest BCUT2D eigenvalue weighted by Gasteiger charge is -2.29. The normalized spacial score (nSPS) is 18.6. The molecule has 2 aromatic carbocycles. The highest BCUT2D eigenvalue weighted by Crippen LogP contribution is 2.39. The molecule has 3 aromatic rings. The largest absolute Gasteiger partial charge is 0.450 e. The monoisotopic (exact) mass is 478 g/mol. The highest BCUT2D eigenvalue weighted by atomic mass is 32.2. The predicted molar refractivity (Wildman–Crippen MR) is 135 cm³/mol. The van der Waals surface area contributed by atoms with Crippen LogP contribution < -0.4 is 5.43 Å². The molecule has 2 aliphatic rings. The molecule has 6 nitrogen and oxygen atoms in total. The van der Waals surface area contributed by atoms with Crippen molar-refractivity contribution >= 4 is 28.6 Å². The fourth-order valence-electron chi connectivity index (χ4n) is 4.93. The van der Waals surface area contributed by atoms with Crippen LogP contribution in [0.1, 0.15) is 45.3 Å². The van der Waals surface area contributed by atoms with Crippen LogP contribution >= 0.6 is 11.8 Å². The summed E-state index contributed by atoms with van der Waals surface area (Å²) >= 11 is 1.67. The van der Waals surface area contributed by atoms with Crippen LogP contribution in [0.15, 0.2) is 50.5 Å². The molecule has 5 rings (SSSR count). The molecule has 1 saturated heterocycles. The Morgan fingerprint density at radius 3 is 2.41 bits per heavy atom. The lowest BCUT2D eigenvalue weighted by molar-refractivity contribution is 0.0353. The van der Waals surface area contributed by atoms with Crippen LogP contribution in [0, 0.1) is 13.8 Å². The lowest BCUT2D eigenvalue weighted by Crippen LogP contribution is -2.38. The van der Waals surface area contributed by atoms with Crippen molar-refractivity contribution in [1.82, 2.24) is 9.80 Å². The first kappa shape index (κ1) is 23.1. The molecular weight excluding hydrogens is 448 g/mol. The first-order valence-corrected chi connectivity index (χ1v) is 13.0. The van der Waals surface area contributed by atoms with Crippen molar-refractivity contribution in [2.45, 2.75) is 31.2 Å². The first-order chi connectivity index (χ1) is 16.5. The number of carbonyl (C=O) groups is 1. The third-order valence-electron chi connectivity index (χ3n) is 6.99. The smallest absolute Gasteiger partial charge is 0.290 e. The SMILES string of the molecule is CSc1ccc([C@@H]2c3c(oc4cc(C)c(C)cc4c3=O)C(=O)N2CCCN2CCOCC2)cc1. The zero-order chi connectivity index (χ0) is 23.8. The van der Waals surface area contributed by atoms with Crippen LogP contribution in [0.5, 0.6) is 0 Å². The summed E-state index contributed by atoms with van der Waals surface area (Å²) < 4.78 is 11.6. The predicted octanol–water partition coefficient (Wildman–Crippen LogP) is 4.40. The number of hydrogen-bond donors (Lipinski definition) is 0. The standard InChI is InChI=1S/C27H30N2O4S/c1-17-15-21-22(16-18(17)2)33-26-23(25(21)30)24(19-5-7-20(34-3)8-6-19)29(27(26)31)10-4-9-28-11-13-32-14-12-28/h5-8,15-16,24H,4,9-14H2,1-3H3/t24-/m1/s1. The number of thioether (sulfide) groups is 1. The third kappa shape index (κ3) is 4.17. The molecule has 3 heterocycles. The minimum absolute atomic E-state index is 0.109. The number of aryl methyl sites for hydroxylation is 2. The third-order valence-corrected chi connectivity index (χ3v) is 7.73. The van der Waals surface area contributed by atoms with E-state index in [0.717, 1.165) is 60.9 Å². The number of hydrogen-bond acceptors (Lipinski definition) is 6. The van der Waals surface area contributed by atoms with Gasteiger partial charge >= 0.3 is 0 Å². The van der Waals surface area contributed by atoms with E-state index in [1.165, 1.54) is 0 Å². The number of carbonyl (C=O) groups excluding carboxylic acids is 1. The summed E-state index contributed by atoms with van der Waals surface area (Å²) in [6, 6.07) is 11.5. The van der Waals surface area contributed by atoms with Crippen molar-refractivity contribution in [3.8, 4) is 0 Å². The maximum Gasteiger partial charge on any atom is 0.290 e. The topological polar surface area (TPSA) is 63.0 Å². The Bertz CT molecular complexity index is 1280. The summed E-state index contributed by atoms with van der Waals surface area (Å²) in [5, 5.41) is 0.538. The summed E-state index contributed by atoms with van der Waals surface area (Å²) in [7, 11) is 0. The molecule has 0 N–H and O–H groups in total. The highest BCUT2D eigenvalue weighted by Gasteiger charge is 2.42. The molecule has 178 valence electrons. The van der Waals surface area contributed by atoms with Crippen LogP contribution in [0.2, 0.25) is 0 Å². The summed E-state index contributed by atoms with van der Waals surface area (Å²) in [4.78, 5) is 32.7. The van der Waals surface area contributed by atoms with Crippen LogP contribution in [0.25, 0.3) is 11.0 Å². The van der Waals surface area contributed by atoms with E-state index in [1.54, 1.807) is 11.8 Å². The van der Waals surface area contributed by atoms with Gasteiger partial charge in [-0.1, -0.05) is 12.1 Å². The Morgan fingerprint density at radius 2 is 1.71 bits per heavy atom. The van der Waals surface area contributed by atoms with Crippen molar-refractivity contribution in [2.75, 3.05) is 45.6 Å². The van der Waals surface area contributed by atoms with E-state index in [0.29, 0.717) is 23.1 Å². The summed E-state index contributed by atoms with van der Waals surface area (Å²) in [5.41, 5.74) is 3.84. The molecule has 0 spiro atoms. The van der Waals surface area contributed by atoms with Gasteiger partial charge in [0.15, 0.2) is 5.43 Å². The summed E-state index contributed by atoms with van der Waals surface area (Å²) in [5.74, 6) is -0.0146. The number of rotatable bonds is 6. The number of nitrogens with zero attached hydrogens (tertiary/aromatic N) is 2.